The van der Waals surface area contributed by atoms with Crippen molar-refractivity contribution in [2.24, 2.45) is 5.41 Å². The predicted molar refractivity (Wildman–Crippen MR) is 83.8 cm³/mol. The van der Waals surface area contributed by atoms with Crippen molar-refractivity contribution in [1.29, 1.82) is 0 Å². The Morgan fingerprint density at radius 3 is 2.42 bits per heavy atom. The number of aryl methyl sites for hydroxylation is 1. The van der Waals surface area contributed by atoms with Crippen molar-refractivity contribution < 1.29 is 0 Å². The molecule has 0 aromatic heterocycles. The lowest BCUT2D eigenvalue weighted by Gasteiger charge is -2.57. The van der Waals surface area contributed by atoms with E-state index in [1.165, 1.54) is 30.4 Å². The van der Waals surface area contributed by atoms with Crippen molar-refractivity contribution >= 4 is 0 Å². The first-order chi connectivity index (χ1) is 9.10. The van der Waals surface area contributed by atoms with Gasteiger partial charge in [-0.15, -0.1) is 0 Å². The summed E-state index contributed by atoms with van der Waals surface area (Å²) in [4.78, 5) is 0. The molecule has 1 N–H and O–H groups in total. The molecule has 19 heavy (non-hydrogen) atoms. The van der Waals surface area contributed by atoms with Gasteiger partial charge < -0.3 is 5.32 Å². The van der Waals surface area contributed by atoms with Crippen LogP contribution in [0.4, 0.5) is 0 Å². The Bertz CT molecular complexity index is 431. The van der Waals surface area contributed by atoms with Gasteiger partial charge in [-0.05, 0) is 67.7 Å². The molecule has 1 aromatic rings. The summed E-state index contributed by atoms with van der Waals surface area (Å²) >= 11 is 0. The van der Waals surface area contributed by atoms with Gasteiger partial charge in [-0.1, -0.05) is 39.0 Å². The van der Waals surface area contributed by atoms with Crippen molar-refractivity contribution in [2.45, 2.75) is 65.8 Å². The minimum absolute atomic E-state index is 0.467. The molecule has 1 nitrogen and oxygen atoms in total. The summed E-state index contributed by atoms with van der Waals surface area (Å²) < 4.78 is 0. The number of hydrogen-bond acceptors (Lipinski definition) is 1. The van der Waals surface area contributed by atoms with Crippen LogP contribution >= 0.6 is 0 Å². The first-order valence-corrected chi connectivity index (χ1v) is 7.90. The molecule has 0 amide bonds. The topological polar surface area (TPSA) is 12.0 Å². The largest absolute Gasteiger partial charge is 0.314 e. The molecule has 0 bridgehead atoms. The van der Waals surface area contributed by atoms with Crippen LogP contribution in [-0.2, 0) is 0 Å². The van der Waals surface area contributed by atoms with Crippen LogP contribution in [0.2, 0.25) is 0 Å². The van der Waals surface area contributed by atoms with Crippen LogP contribution in [0.15, 0.2) is 18.2 Å². The highest BCUT2D eigenvalue weighted by molar-refractivity contribution is 5.39. The van der Waals surface area contributed by atoms with Crippen molar-refractivity contribution in [3.63, 3.8) is 0 Å². The van der Waals surface area contributed by atoms with Gasteiger partial charge in [0, 0.05) is 6.04 Å². The molecule has 0 heterocycles. The average molecular weight is 259 g/mol. The van der Waals surface area contributed by atoms with Crippen LogP contribution in [0.25, 0.3) is 0 Å². The van der Waals surface area contributed by atoms with E-state index in [0.717, 1.165) is 12.5 Å². The van der Waals surface area contributed by atoms with Gasteiger partial charge >= 0.3 is 0 Å². The summed E-state index contributed by atoms with van der Waals surface area (Å²) in [5, 5.41) is 3.71. The molecule has 1 fully saturated rings. The molecule has 1 aromatic carbocycles. The van der Waals surface area contributed by atoms with Gasteiger partial charge in [0.15, 0.2) is 0 Å². The van der Waals surface area contributed by atoms with Crippen LogP contribution in [0.3, 0.4) is 0 Å². The Morgan fingerprint density at radius 2 is 1.84 bits per heavy atom. The predicted octanol–water partition coefficient (Wildman–Crippen LogP) is 4.58. The van der Waals surface area contributed by atoms with Crippen molar-refractivity contribution in [3.8, 4) is 0 Å². The highest BCUT2D eigenvalue weighted by atomic mass is 15.0. The lowest BCUT2D eigenvalue weighted by Crippen LogP contribution is -2.58. The lowest BCUT2D eigenvalue weighted by molar-refractivity contribution is 0.0207. The van der Waals surface area contributed by atoms with E-state index in [1.807, 2.05) is 0 Å². The van der Waals surface area contributed by atoms with Crippen LogP contribution in [-0.4, -0.2) is 12.6 Å². The zero-order chi connectivity index (χ0) is 14.0. The van der Waals surface area contributed by atoms with Crippen LogP contribution in [0, 0.1) is 19.3 Å². The van der Waals surface area contributed by atoms with E-state index in [4.69, 9.17) is 0 Å². The molecular formula is C18H29N. The normalized spacial score (nSPS) is 25.1. The highest BCUT2D eigenvalue weighted by Gasteiger charge is 2.52. The van der Waals surface area contributed by atoms with Gasteiger partial charge in [-0.3, -0.25) is 0 Å². The Hall–Kier alpha value is -0.820. The molecule has 1 aliphatic carbocycles. The second-order valence-electron chi connectivity index (χ2n) is 6.13. The smallest absolute Gasteiger partial charge is 0.0135 e. The molecule has 1 heteroatoms. The Morgan fingerprint density at radius 1 is 1.16 bits per heavy atom. The quantitative estimate of drug-likeness (QED) is 0.816. The molecule has 2 unspecified atom stereocenters. The summed E-state index contributed by atoms with van der Waals surface area (Å²) in [6.45, 7) is 12.6. The van der Waals surface area contributed by atoms with E-state index in [1.54, 1.807) is 5.56 Å². The minimum atomic E-state index is 0.467. The second-order valence-corrected chi connectivity index (χ2v) is 6.13. The highest BCUT2D eigenvalue weighted by Crippen LogP contribution is 2.57. The SMILES string of the molecule is CCNC1CC(c2cccc(C)c2C)C1(CC)CC. The second kappa shape index (κ2) is 5.66. The van der Waals surface area contributed by atoms with Gasteiger partial charge in [-0.2, -0.15) is 0 Å². The maximum atomic E-state index is 3.71. The number of rotatable bonds is 5. The summed E-state index contributed by atoms with van der Waals surface area (Å²) in [5.41, 5.74) is 5.01. The first kappa shape index (κ1) is 14.6. The molecule has 1 saturated carbocycles. The third-order valence-electron chi connectivity index (χ3n) is 5.65. The van der Waals surface area contributed by atoms with Crippen molar-refractivity contribution in [2.75, 3.05) is 6.54 Å². The van der Waals surface area contributed by atoms with E-state index in [-0.39, 0.29) is 0 Å². The van der Waals surface area contributed by atoms with E-state index in [2.05, 4.69) is 58.1 Å². The Labute approximate surface area is 118 Å². The van der Waals surface area contributed by atoms with Crippen molar-refractivity contribution in [3.05, 3.63) is 34.9 Å². The maximum absolute atomic E-state index is 3.71. The first-order valence-electron chi connectivity index (χ1n) is 7.90. The molecule has 2 rings (SSSR count). The molecule has 0 aliphatic heterocycles. The lowest BCUT2D eigenvalue weighted by atomic mass is 9.51. The summed E-state index contributed by atoms with van der Waals surface area (Å²) in [6.07, 6.45) is 3.86. The van der Waals surface area contributed by atoms with Crippen LogP contribution in [0.5, 0.6) is 0 Å². The summed E-state index contributed by atoms with van der Waals surface area (Å²) in [7, 11) is 0. The Balaban J connectivity index is 2.33. The van der Waals surface area contributed by atoms with Crippen LogP contribution < -0.4 is 5.32 Å². The summed E-state index contributed by atoms with van der Waals surface area (Å²) in [5.74, 6) is 0.742. The van der Waals surface area contributed by atoms with Gasteiger partial charge in [0.05, 0.1) is 0 Å². The fourth-order valence-electron chi connectivity index (χ4n) is 4.14. The van der Waals surface area contributed by atoms with E-state index < -0.39 is 0 Å². The molecule has 0 radical (unpaired) electrons. The van der Waals surface area contributed by atoms with E-state index >= 15 is 0 Å². The number of hydrogen-bond donors (Lipinski definition) is 1. The van der Waals surface area contributed by atoms with Gasteiger partial charge in [0.1, 0.15) is 0 Å². The monoisotopic (exact) mass is 259 g/mol. The summed E-state index contributed by atoms with van der Waals surface area (Å²) in [6, 6.07) is 7.53. The fourth-order valence-corrected chi connectivity index (χ4v) is 4.14. The van der Waals surface area contributed by atoms with Gasteiger partial charge in [0.2, 0.25) is 0 Å². The molecule has 106 valence electrons. The number of benzene rings is 1. The van der Waals surface area contributed by atoms with E-state index in [9.17, 15) is 0 Å². The van der Waals surface area contributed by atoms with Crippen molar-refractivity contribution in [1.82, 2.24) is 5.32 Å². The van der Waals surface area contributed by atoms with Gasteiger partial charge in [0.25, 0.3) is 0 Å². The van der Waals surface area contributed by atoms with E-state index in [0.29, 0.717) is 11.5 Å². The average Bonchev–Trinajstić information content (AvgIpc) is 2.40. The minimum Gasteiger partial charge on any atom is -0.314 e. The Kier molecular flexibility index (Phi) is 4.35. The standard InChI is InChI=1S/C18H29N/c1-6-18(7-2)16(12-17(18)19-8-3)15-11-9-10-13(4)14(15)5/h9-11,16-17,19H,6-8,12H2,1-5H3. The zero-order valence-corrected chi connectivity index (χ0v) is 13.2. The molecule has 1 aliphatic rings. The maximum Gasteiger partial charge on any atom is 0.0135 e. The molecular weight excluding hydrogens is 230 g/mol. The third kappa shape index (κ3) is 2.23. The zero-order valence-electron chi connectivity index (χ0n) is 13.2. The third-order valence-corrected chi connectivity index (χ3v) is 5.65. The fraction of sp³-hybridized carbons (Fsp3) is 0.667. The van der Waals surface area contributed by atoms with Crippen LogP contribution in [0.1, 0.15) is 62.6 Å². The molecule has 0 saturated heterocycles. The van der Waals surface area contributed by atoms with Gasteiger partial charge in [-0.25, -0.2) is 0 Å². The number of nitrogens with one attached hydrogen (secondary N) is 1. The molecule has 0 spiro atoms. The molecule has 2 atom stereocenters.